The Hall–Kier alpha value is 2.13. The maximum atomic E-state index is 0. The first-order chi connectivity index (χ1) is 0. The van der Waals surface area contributed by atoms with Gasteiger partial charge in [-0.2, -0.15) is 0 Å². The molecular formula is H3Cl3Ho. The van der Waals surface area contributed by atoms with E-state index in [1.807, 2.05) is 0 Å². The molecule has 4 heteroatoms. The molecular weight excluding hydrogens is 271 g/mol. The van der Waals surface area contributed by atoms with E-state index in [1.165, 1.54) is 0 Å². The molecule has 0 saturated carbocycles. The first-order valence-electron chi connectivity index (χ1n) is 0. The minimum absolute atomic E-state index is 0. The molecule has 0 rings (SSSR count). The predicted molar refractivity (Wildman–Crippen MR) is 21.7 cm³/mol. The van der Waals surface area contributed by atoms with Gasteiger partial charge in [0.25, 0.3) is 0 Å². The van der Waals surface area contributed by atoms with Crippen LogP contribution in [0.4, 0.5) is 0 Å². The fraction of sp³-hybridized carbons (Fsp3) is 0. The van der Waals surface area contributed by atoms with Gasteiger partial charge in [-0.25, -0.2) is 0 Å². The van der Waals surface area contributed by atoms with Crippen LogP contribution in [-0.2, 0) is 0 Å². The summed E-state index contributed by atoms with van der Waals surface area (Å²) >= 11 is 0. The van der Waals surface area contributed by atoms with E-state index in [-0.39, 0.29) is 75.0 Å². The fourth-order valence-corrected chi connectivity index (χ4v) is 0. The Balaban J connectivity index is 0. The van der Waals surface area contributed by atoms with Crippen LogP contribution in [0.1, 0.15) is 0 Å². The first-order valence-corrected chi connectivity index (χ1v) is 0. The monoisotopic (exact) mass is 273 g/mol. The molecule has 1 radical (unpaired) electrons. The average molecular weight is 274 g/mol. The normalized spacial score (nSPS) is 0. The number of rotatable bonds is 0. The van der Waals surface area contributed by atoms with Gasteiger partial charge in [-0.1, -0.05) is 0 Å². The van der Waals surface area contributed by atoms with E-state index in [0.717, 1.165) is 0 Å². The molecule has 0 unspecified atom stereocenters. The summed E-state index contributed by atoms with van der Waals surface area (Å²) in [6.45, 7) is 0. The van der Waals surface area contributed by atoms with Crippen LogP contribution in [0.2, 0.25) is 0 Å². The van der Waals surface area contributed by atoms with Crippen LogP contribution in [0.5, 0.6) is 0 Å². The van der Waals surface area contributed by atoms with Crippen molar-refractivity contribution >= 4 is 37.2 Å². The molecule has 0 atom stereocenters. The summed E-state index contributed by atoms with van der Waals surface area (Å²) in [7, 11) is 0. The summed E-state index contributed by atoms with van der Waals surface area (Å²) in [6.07, 6.45) is 0. The minimum Gasteiger partial charge on any atom is -0.147 e. The van der Waals surface area contributed by atoms with E-state index in [1.54, 1.807) is 0 Å². The Morgan fingerprint density at radius 2 is 0.500 bits per heavy atom. The zero-order valence-corrected chi connectivity index (χ0v) is 5.91. The molecule has 0 aromatic carbocycles. The molecule has 0 fully saturated rings. The summed E-state index contributed by atoms with van der Waals surface area (Å²) in [5.74, 6) is 0. The van der Waals surface area contributed by atoms with Crippen LogP contribution in [0.15, 0.2) is 0 Å². The van der Waals surface area contributed by atoms with Crippen LogP contribution in [0, 0.1) is 37.7 Å². The first kappa shape index (κ1) is 35.6. The molecule has 0 bridgehead atoms. The summed E-state index contributed by atoms with van der Waals surface area (Å²) in [4.78, 5) is 0. The summed E-state index contributed by atoms with van der Waals surface area (Å²) in [6, 6.07) is 0. The molecule has 0 aliphatic rings. The van der Waals surface area contributed by atoms with Crippen LogP contribution in [0.3, 0.4) is 0 Å². The maximum absolute atomic E-state index is 0. The van der Waals surface area contributed by atoms with E-state index in [0.29, 0.717) is 0 Å². The predicted octanol–water partition coefficient (Wildman–Crippen LogP) is 1.27. The molecule has 35 valence electrons. The third-order valence-electron chi connectivity index (χ3n) is 0. The topological polar surface area (TPSA) is 0 Å². The van der Waals surface area contributed by atoms with E-state index >= 15 is 0 Å². The number of hydrogen-bond donors (Lipinski definition) is 0. The zero-order chi connectivity index (χ0) is 0. The van der Waals surface area contributed by atoms with Crippen molar-refractivity contribution in [2.24, 2.45) is 0 Å². The van der Waals surface area contributed by atoms with Crippen molar-refractivity contribution < 1.29 is 37.7 Å². The Kier molecular flexibility index (Phi) is 171. The van der Waals surface area contributed by atoms with E-state index in [2.05, 4.69) is 0 Å². The van der Waals surface area contributed by atoms with E-state index in [4.69, 9.17) is 0 Å². The van der Waals surface area contributed by atoms with Gasteiger partial charge in [-0.15, -0.1) is 37.2 Å². The average Bonchev–Trinajstić information content (AvgIpc) is 0. The van der Waals surface area contributed by atoms with Crippen molar-refractivity contribution in [2.75, 3.05) is 0 Å². The van der Waals surface area contributed by atoms with Crippen molar-refractivity contribution in [1.29, 1.82) is 0 Å². The zero-order valence-electron chi connectivity index (χ0n) is 1.53. The Morgan fingerprint density at radius 3 is 0.500 bits per heavy atom. The second kappa shape index (κ2) is 19.3. The van der Waals surface area contributed by atoms with Crippen molar-refractivity contribution in [3.05, 3.63) is 0 Å². The van der Waals surface area contributed by atoms with E-state index in [9.17, 15) is 0 Å². The molecule has 0 nitrogen and oxygen atoms in total. The van der Waals surface area contributed by atoms with Gasteiger partial charge in [-0.05, 0) is 0 Å². The van der Waals surface area contributed by atoms with Gasteiger partial charge in [0, 0.05) is 37.7 Å². The minimum atomic E-state index is 0. The summed E-state index contributed by atoms with van der Waals surface area (Å²) in [5.41, 5.74) is 0. The number of halogens is 3. The molecule has 0 heterocycles. The van der Waals surface area contributed by atoms with Gasteiger partial charge < -0.3 is 0 Å². The smallest absolute Gasteiger partial charge is 0 e. The van der Waals surface area contributed by atoms with Crippen molar-refractivity contribution in [1.82, 2.24) is 0 Å². The molecule has 0 spiro atoms. The van der Waals surface area contributed by atoms with Crippen molar-refractivity contribution in [2.45, 2.75) is 0 Å². The molecule has 0 aliphatic carbocycles. The Labute approximate surface area is 73.9 Å². The standard InChI is InChI=1S/3ClH.Ho/h3*1H;. The van der Waals surface area contributed by atoms with Gasteiger partial charge in [0.05, 0.1) is 0 Å². The molecule has 0 aromatic rings. The maximum Gasteiger partial charge on any atom is 0 e. The molecule has 0 saturated heterocycles. The summed E-state index contributed by atoms with van der Waals surface area (Å²) < 4.78 is 0. The second-order valence-electron chi connectivity index (χ2n) is 0. The van der Waals surface area contributed by atoms with Gasteiger partial charge in [0.1, 0.15) is 0 Å². The molecule has 4 heavy (non-hydrogen) atoms. The second-order valence-corrected chi connectivity index (χ2v) is 0. The third-order valence-corrected chi connectivity index (χ3v) is 0. The van der Waals surface area contributed by atoms with Gasteiger partial charge >= 0.3 is 0 Å². The quantitative estimate of drug-likeness (QED) is 0.584. The molecule has 0 aliphatic heterocycles. The SMILES string of the molecule is Cl.Cl.Cl.[Ho]. The molecule has 0 aromatic heterocycles. The van der Waals surface area contributed by atoms with Gasteiger partial charge in [0.15, 0.2) is 0 Å². The van der Waals surface area contributed by atoms with Crippen molar-refractivity contribution in [3.63, 3.8) is 0 Å². The number of hydrogen-bond acceptors (Lipinski definition) is 0. The third kappa shape index (κ3) is 8.92. The summed E-state index contributed by atoms with van der Waals surface area (Å²) in [5, 5.41) is 0. The van der Waals surface area contributed by atoms with Gasteiger partial charge in [-0.3, -0.25) is 0 Å². The fourth-order valence-electron chi connectivity index (χ4n) is 0. The Bertz CT molecular complexity index is 3.25. The molecule has 0 N–H and O–H groups in total. The van der Waals surface area contributed by atoms with Crippen molar-refractivity contribution in [3.8, 4) is 0 Å². The van der Waals surface area contributed by atoms with Crippen LogP contribution >= 0.6 is 37.2 Å². The largest absolute Gasteiger partial charge is 0.147 e. The molecule has 0 amide bonds. The Morgan fingerprint density at radius 1 is 0.500 bits per heavy atom. The van der Waals surface area contributed by atoms with Crippen LogP contribution < -0.4 is 0 Å². The van der Waals surface area contributed by atoms with E-state index < -0.39 is 0 Å². The van der Waals surface area contributed by atoms with Gasteiger partial charge in [0.2, 0.25) is 0 Å². The van der Waals surface area contributed by atoms with Crippen LogP contribution in [-0.4, -0.2) is 0 Å². The van der Waals surface area contributed by atoms with Crippen LogP contribution in [0.25, 0.3) is 0 Å².